The highest BCUT2D eigenvalue weighted by Gasteiger charge is 2.85. The van der Waals surface area contributed by atoms with Gasteiger partial charge < -0.3 is 24.8 Å². The van der Waals surface area contributed by atoms with Gasteiger partial charge in [0.2, 0.25) is 5.79 Å². The number of hydrogen-bond donors (Lipinski definition) is 3. The van der Waals surface area contributed by atoms with Gasteiger partial charge in [-0.2, -0.15) is 0 Å². The van der Waals surface area contributed by atoms with Gasteiger partial charge in [0, 0.05) is 29.6 Å². The van der Waals surface area contributed by atoms with Crippen molar-refractivity contribution in [2.45, 2.75) is 63.9 Å². The van der Waals surface area contributed by atoms with E-state index in [1.807, 2.05) is 6.92 Å². The standard InChI is InChI=1S/C22H30O7/c1-11-13-5-6-14-20-8-4-7-19(3,9-28-12(2)23)15(20)18(26)22(27,29-10-20)21(14,16(11)24)17(13)25/h13-15,17-18,25-27H,1,4-10H2,2-3H3/t13-,14-,15-,17+,18+,19-,20+,21-,22+/m1/s1. The van der Waals surface area contributed by atoms with Crippen molar-refractivity contribution in [1.82, 2.24) is 0 Å². The third-order valence-electron chi connectivity index (χ3n) is 9.21. The van der Waals surface area contributed by atoms with Gasteiger partial charge in [0.25, 0.3) is 0 Å². The molecule has 0 unspecified atom stereocenters. The lowest BCUT2D eigenvalue weighted by molar-refractivity contribution is -0.450. The van der Waals surface area contributed by atoms with Crippen molar-refractivity contribution in [3.8, 4) is 0 Å². The van der Waals surface area contributed by atoms with Gasteiger partial charge in [-0.1, -0.05) is 19.9 Å². The molecule has 3 N–H and O–H groups in total. The molecule has 4 saturated carbocycles. The number of fused-ring (bicyclic) bond motifs is 2. The lowest BCUT2D eigenvalue weighted by atomic mass is 9.36. The molecule has 0 aromatic heterocycles. The first kappa shape index (κ1) is 19.7. The molecule has 9 atom stereocenters. The van der Waals surface area contributed by atoms with Crippen molar-refractivity contribution < 1.29 is 34.4 Å². The van der Waals surface area contributed by atoms with Gasteiger partial charge in [-0.3, -0.25) is 9.59 Å². The molecule has 0 amide bonds. The summed E-state index contributed by atoms with van der Waals surface area (Å²) in [6.45, 7) is 7.63. The Kier molecular flexibility index (Phi) is 3.86. The molecule has 2 aliphatic heterocycles. The van der Waals surface area contributed by atoms with Crippen molar-refractivity contribution in [1.29, 1.82) is 0 Å². The van der Waals surface area contributed by atoms with Crippen molar-refractivity contribution in [2.24, 2.45) is 34.0 Å². The Morgan fingerprint density at radius 3 is 2.69 bits per heavy atom. The minimum Gasteiger partial charge on any atom is -0.465 e. The molecule has 2 spiro atoms. The van der Waals surface area contributed by atoms with Crippen LogP contribution in [0.3, 0.4) is 0 Å². The predicted octanol–water partition coefficient (Wildman–Crippen LogP) is 0.948. The smallest absolute Gasteiger partial charge is 0.302 e. The van der Waals surface area contributed by atoms with Gasteiger partial charge in [0.1, 0.15) is 11.5 Å². The highest BCUT2D eigenvalue weighted by Crippen LogP contribution is 2.76. The average molecular weight is 406 g/mol. The van der Waals surface area contributed by atoms with Crippen molar-refractivity contribution >= 4 is 11.8 Å². The molecule has 6 rings (SSSR count). The molecule has 160 valence electrons. The van der Waals surface area contributed by atoms with Gasteiger partial charge in [0.05, 0.1) is 19.3 Å². The first-order chi connectivity index (χ1) is 13.6. The summed E-state index contributed by atoms with van der Waals surface area (Å²) in [6.07, 6.45) is 1.15. The summed E-state index contributed by atoms with van der Waals surface area (Å²) in [5, 5.41) is 34.5. The van der Waals surface area contributed by atoms with Crippen LogP contribution in [0.2, 0.25) is 0 Å². The Balaban J connectivity index is 1.68. The molecule has 2 heterocycles. The fourth-order valence-corrected chi connectivity index (χ4v) is 8.24. The third kappa shape index (κ3) is 1.94. The molecule has 0 aromatic carbocycles. The minimum atomic E-state index is -2.17. The fraction of sp³-hybridized carbons (Fsp3) is 0.818. The molecule has 6 aliphatic rings. The lowest BCUT2D eigenvalue weighted by Gasteiger charge is -2.74. The second-order valence-corrected chi connectivity index (χ2v) is 10.3. The van der Waals surface area contributed by atoms with Crippen molar-refractivity contribution in [3.63, 3.8) is 0 Å². The molecule has 0 radical (unpaired) electrons. The Hall–Kier alpha value is -1.28. The molecule has 2 saturated heterocycles. The Morgan fingerprint density at radius 2 is 2.00 bits per heavy atom. The molecule has 7 nitrogen and oxygen atoms in total. The van der Waals surface area contributed by atoms with Crippen LogP contribution in [0.15, 0.2) is 12.2 Å². The quantitative estimate of drug-likeness (QED) is 0.462. The van der Waals surface area contributed by atoms with Gasteiger partial charge in [-0.15, -0.1) is 0 Å². The van der Waals surface area contributed by atoms with Crippen molar-refractivity contribution in [3.05, 3.63) is 12.2 Å². The molecular formula is C22H30O7. The zero-order valence-electron chi connectivity index (χ0n) is 17.0. The van der Waals surface area contributed by atoms with Crippen molar-refractivity contribution in [2.75, 3.05) is 13.2 Å². The second kappa shape index (κ2) is 5.69. The number of ketones is 1. The van der Waals surface area contributed by atoms with Crippen LogP contribution in [0.5, 0.6) is 0 Å². The minimum absolute atomic E-state index is 0.146. The third-order valence-corrected chi connectivity index (χ3v) is 9.21. The first-order valence-electron chi connectivity index (χ1n) is 10.7. The highest BCUT2D eigenvalue weighted by molar-refractivity contribution is 6.05. The molecule has 0 aromatic rings. The number of carbonyl (C=O) groups is 2. The van der Waals surface area contributed by atoms with Crippen LogP contribution in [-0.2, 0) is 19.1 Å². The SMILES string of the molecule is C=C1C(=O)[C@]23[C@H](CC[C@H]1[C@@H]2O)[C@@]12CCC[C@](C)(COC(C)=O)[C@H]1[C@H](O)[C@]3(O)OC2. The summed E-state index contributed by atoms with van der Waals surface area (Å²) in [5.74, 6) is -4.02. The van der Waals surface area contributed by atoms with Crippen LogP contribution in [0.4, 0.5) is 0 Å². The summed E-state index contributed by atoms with van der Waals surface area (Å²) in [6, 6.07) is 0. The number of ether oxygens (including phenoxy) is 2. The predicted molar refractivity (Wildman–Crippen MR) is 100 cm³/mol. The van der Waals surface area contributed by atoms with E-state index < -0.39 is 46.1 Å². The number of rotatable bonds is 2. The summed E-state index contributed by atoms with van der Waals surface area (Å²) < 4.78 is 11.3. The Bertz CT molecular complexity index is 809. The Morgan fingerprint density at radius 1 is 1.28 bits per heavy atom. The van der Waals surface area contributed by atoms with Crippen LogP contribution in [-0.4, -0.2) is 58.3 Å². The van der Waals surface area contributed by atoms with E-state index in [1.165, 1.54) is 6.92 Å². The van der Waals surface area contributed by atoms with Gasteiger partial charge in [0.15, 0.2) is 5.78 Å². The van der Waals surface area contributed by atoms with Crippen LogP contribution in [0, 0.1) is 34.0 Å². The zero-order valence-corrected chi connectivity index (χ0v) is 17.0. The summed E-state index contributed by atoms with van der Waals surface area (Å²) in [7, 11) is 0. The maximum Gasteiger partial charge on any atom is 0.302 e. The largest absolute Gasteiger partial charge is 0.465 e. The normalized spacial score (nSPS) is 55.4. The lowest BCUT2D eigenvalue weighted by Crippen LogP contribution is -2.84. The first-order valence-corrected chi connectivity index (χ1v) is 10.7. The fourth-order valence-electron chi connectivity index (χ4n) is 8.24. The number of carbonyl (C=O) groups excluding carboxylic acids is 2. The van der Waals surface area contributed by atoms with Crippen LogP contribution >= 0.6 is 0 Å². The van der Waals surface area contributed by atoms with E-state index in [4.69, 9.17) is 9.47 Å². The monoisotopic (exact) mass is 406 g/mol. The number of aliphatic hydroxyl groups excluding tert-OH is 2. The second-order valence-electron chi connectivity index (χ2n) is 10.3. The number of hydrogen-bond acceptors (Lipinski definition) is 7. The molecule has 7 heteroatoms. The molecule has 4 bridgehead atoms. The van der Waals surface area contributed by atoms with E-state index in [0.717, 1.165) is 19.3 Å². The van der Waals surface area contributed by atoms with E-state index >= 15 is 0 Å². The van der Waals surface area contributed by atoms with Gasteiger partial charge in [-0.05, 0) is 37.2 Å². The summed E-state index contributed by atoms with van der Waals surface area (Å²) in [4.78, 5) is 25.0. The van der Waals surface area contributed by atoms with Crippen LogP contribution < -0.4 is 0 Å². The van der Waals surface area contributed by atoms with E-state index in [1.54, 1.807) is 0 Å². The van der Waals surface area contributed by atoms with Crippen LogP contribution in [0.1, 0.15) is 46.0 Å². The molecule has 29 heavy (non-hydrogen) atoms. The number of esters is 1. The molecule has 6 fully saturated rings. The van der Waals surface area contributed by atoms with Crippen LogP contribution in [0.25, 0.3) is 0 Å². The number of Topliss-reactive ketones (excluding diaryl/α,β-unsaturated/α-hetero) is 1. The number of aliphatic hydroxyl groups is 3. The average Bonchev–Trinajstić information content (AvgIpc) is 2.77. The van der Waals surface area contributed by atoms with E-state index in [0.29, 0.717) is 18.4 Å². The zero-order chi connectivity index (χ0) is 21.0. The maximum atomic E-state index is 13.5. The van der Waals surface area contributed by atoms with Gasteiger partial charge >= 0.3 is 5.97 Å². The summed E-state index contributed by atoms with van der Waals surface area (Å²) in [5.41, 5.74) is -2.35. The van der Waals surface area contributed by atoms with E-state index in [9.17, 15) is 24.9 Å². The Labute approximate surface area is 170 Å². The van der Waals surface area contributed by atoms with E-state index in [2.05, 4.69) is 6.58 Å². The maximum absolute atomic E-state index is 13.5. The molecular weight excluding hydrogens is 376 g/mol. The van der Waals surface area contributed by atoms with Gasteiger partial charge in [-0.25, -0.2) is 0 Å². The topological polar surface area (TPSA) is 113 Å². The summed E-state index contributed by atoms with van der Waals surface area (Å²) >= 11 is 0. The molecule has 4 aliphatic carbocycles. The highest BCUT2D eigenvalue weighted by atomic mass is 16.6. The van der Waals surface area contributed by atoms with E-state index in [-0.39, 0.29) is 30.9 Å².